The van der Waals surface area contributed by atoms with Crippen LogP contribution in [0.15, 0.2) is 42.5 Å². The van der Waals surface area contributed by atoms with Gasteiger partial charge in [-0.05, 0) is 56.7 Å². The Morgan fingerprint density at radius 2 is 1.71 bits per heavy atom. The number of aryl methyl sites for hydroxylation is 2. The Hall–Kier alpha value is -3.22. The van der Waals surface area contributed by atoms with Gasteiger partial charge in [-0.3, -0.25) is 9.59 Å². The molecule has 0 aliphatic carbocycles. The normalized spacial score (nSPS) is 11.4. The summed E-state index contributed by atoms with van der Waals surface area (Å²) in [5, 5.41) is 14.6. The van der Waals surface area contributed by atoms with Gasteiger partial charge in [0.2, 0.25) is 0 Å². The fraction of sp³-hybridized carbons (Fsp3) is 0.333. The predicted molar refractivity (Wildman–Crippen MR) is 106 cm³/mol. The van der Waals surface area contributed by atoms with E-state index in [1.54, 1.807) is 19.1 Å². The summed E-state index contributed by atoms with van der Waals surface area (Å²) in [6.07, 6.45) is -0.701. The summed E-state index contributed by atoms with van der Waals surface area (Å²) in [5.74, 6) is 0.727. The molecule has 0 fully saturated rings. The van der Waals surface area contributed by atoms with E-state index in [1.807, 2.05) is 32.0 Å². The van der Waals surface area contributed by atoms with Crippen LogP contribution in [0.1, 0.15) is 18.1 Å². The van der Waals surface area contributed by atoms with Crippen LogP contribution in [0.5, 0.6) is 17.2 Å². The van der Waals surface area contributed by atoms with Crippen molar-refractivity contribution in [3.63, 3.8) is 0 Å². The molecule has 0 aliphatic heterocycles. The first-order valence-corrected chi connectivity index (χ1v) is 9.05. The van der Waals surface area contributed by atoms with E-state index < -0.39 is 6.10 Å². The Balaban J connectivity index is 1.63. The molecule has 0 saturated carbocycles. The first-order chi connectivity index (χ1) is 13.3. The summed E-state index contributed by atoms with van der Waals surface area (Å²) in [6, 6.07) is 11.9. The standard InChI is InChI=1S/C21H26N2O5/c1-14-4-9-19(15(2)12-14)27-13-20(25)22-10-11-23-21(26)16(3)28-18-7-5-17(24)6-8-18/h4-9,12,16,24H,10-11,13H2,1-3H3,(H,22,25)(H,23,26). The molecule has 0 heterocycles. The predicted octanol–water partition coefficient (Wildman–Crippen LogP) is 2.09. The molecule has 2 aromatic carbocycles. The summed E-state index contributed by atoms with van der Waals surface area (Å²) in [4.78, 5) is 23.9. The van der Waals surface area contributed by atoms with Crippen molar-refractivity contribution in [1.29, 1.82) is 0 Å². The van der Waals surface area contributed by atoms with Crippen molar-refractivity contribution >= 4 is 11.8 Å². The Bertz CT molecular complexity index is 805. The molecule has 0 spiro atoms. The number of hydrogen-bond donors (Lipinski definition) is 3. The molecule has 7 nitrogen and oxygen atoms in total. The Morgan fingerprint density at radius 1 is 1.04 bits per heavy atom. The molecule has 0 saturated heterocycles. The average molecular weight is 386 g/mol. The second-order valence-electron chi connectivity index (χ2n) is 6.45. The highest BCUT2D eigenvalue weighted by atomic mass is 16.5. The van der Waals surface area contributed by atoms with E-state index >= 15 is 0 Å². The van der Waals surface area contributed by atoms with Gasteiger partial charge in [-0.15, -0.1) is 0 Å². The summed E-state index contributed by atoms with van der Waals surface area (Å²) in [6.45, 7) is 6.02. The molecule has 2 amide bonds. The minimum absolute atomic E-state index is 0.0851. The zero-order valence-corrected chi connectivity index (χ0v) is 16.3. The molecule has 1 unspecified atom stereocenters. The lowest BCUT2D eigenvalue weighted by Gasteiger charge is -2.15. The van der Waals surface area contributed by atoms with Crippen molar-refractivity contribution in [2.75, 3.05) is 19.7 Å². The molecule has 2 rings (SSSR count). The first kappa shape index (κ1) is 21.1. The number of phenols is 1. The van der Waals surface area contributed by atoms with Gasteiger partial charge < -0.3 is 25.2 Å². The summed E-state index contributed by atoms with van der Waals surface area (Å²) in [5.41, 5.74) is 2.11. The Kier molecular flexibility index (Phi) is 7.68. The molecule has 0 bridgehead atoms. The van der Waals surface area contributed by atoms with Gasteiger partial charge >= 0.3 is 0 Å². The van der Waals surface area contributed by atoms with Crippen LogP contribution in [0.25, 0.3) is 0 Å². The van der Waals surface area contributed by atoms with E-state index in [0.29, 0.717) is 11.5 Å². The fourth-order valence-electron chi connectivity index (χ4n) is 2.47. The number of benzene rings is 2. The lowest BCUT2D eigenvalue weighted by Crippen LogP contribution is -2.41. The summed E-state index contributed by atoms with van der Waals surface area (Å²) < 4.78 is 11.0. The maximum atomic E-state index is 12.0. The van der Waals surface area contributed by atoms with Crippen LogP contribution in [0.3, 0.4) is 0 Å². The van der Waals surface area contributed by atoms with E-state index in [-0.39, 0.29) is 37.3 Å². The van der Waals surface area contributed by atoms with Gasteiger partial charge in [0, 0.05) is 13.1 Å². The van der Waals surface area contributed by atoms with Crippen LogP contribution in [0.2, 0.25) is 0 Å². The van der Waals surface area contributed by atoms with Crippen molar-refractivity contribution in [2.45, 2.75) is 26.9 Å². The quantitative estimate of drug-likeness (QED) is 0.574. The zero-order chi connectivity index (χ0) is 20.5. The highest BCUT2D eigenvalue weighted by molar-refractivity contribution is 5.81. The van der Waals surface area contributed by atoms with Crippen LogP contribution in [-0.4, -0.2) is 42.7 Å². The lowest BCUT2D eigenvalue weighted by molar-refractivity contribution is -0.127. The molecule has 0 aliphatic rings. The SMILES string of the molecule is Cc1ccc(OCC(=O)NCCNC(=O)C(C)Oc2ccc(O)cc2)c(C)c1. The number of phenolic OH excluding ortho intramolecular Hbond substituents is 1. The van der Waals surface area contributed by atoms with Crippen LogP contribution < -0.4 is 20.1 Å². The number of hydrogen-bond acceptors (Lipinski definition) is 5. The number of amides is 2. The van der Waals surface area contributed by atoms with Crippen LogP contribution >= 0.6 is 0 Å². The minimum Gasteiger partial charge on any atom is -0.508 e. The van der Waals surface area contributed by atoms with E-state index in [9.17, 15) is 14.7 Å². The maximum absolute atomic E-state index is 12.0. The van der Waals surface area contributed by atoms with E-state index in [0.717, 1.165) is 11.1 Å². The molecule has 0 radical (unpaired) electrons. The third-order valence-electron chi connectivity index (χ3n) is 3.95. The zero-order valence-electron chi connectivity index (χ0n) is 16.3. The molecule has 2 aromatic rings. The first-order valence-electron chi connectivity index (χ1n) is 9.05. The van der Waals surface area contributed by atoms with Gasteiger partial charge in [0.05, 0.1) is 0 Å². The highest BCUT2D eigenvalue weighted by Crippen LogP contribution is 2.18. The third kappa shape index (κ3) is 6.83. The van der Waals surface area contributed by atoms with Gasteiger partial charge in [-0.1, -0.05) is 17.7 Å². The molecule has 1 atom stereocenters. The molecule has 7 heteroatoms. The second kappa shape index (κ2) is 10.2. The number of carbonyl (C=O) groups excluding carboxylic acids is 2. The van der Waals surface area contributed by atoms with Crippen molar-refractivity contribution in [3.8, 4) is 17.2 Å². The average Bonchev–Trinajstić information content (AvgIpc) is 2.66. The van der Waals surface area contributed by atoms with Crippen LogP contribution in [0, 0.1) is 13.8 Å². The Labute approximate surface area is 164 Å². The van der Waals surface area contributed by atoms with Gasteiger partial charge in [0.1, 0.15) is 17.2 Å². The monoisotopic (exact) mass is 386 g/mol. The topological polar surface area (TPSA) is 96.9 Å². The molecule has 150 valence electrons. The number of nitrogens with one attached hydrogen (secondary N) is 2. The van der Waals surface area contributed by atoms with E-state index in [1.165, 1.54) is 12.1 Å². The summed E-state index contributed by atoms with van der Waals surface area (Å²) >= 11 is 0. The number of ether oxygens (including phenoxy) is 2. The van der Waals surface area contributed by atoms with Gasteiger partial charge in [0.15, 0.2) is 12.7 Å². The third-order valence-corrected chi connectivity index (χ3v) is 3.95. The number of carbonyl (C=O) groups is 2. The van der Waals surface area contributed by atoms with Crippen LogP contribution in [0.4, 0.5) is 0 Å². The minimum atomic E-state index is -0.701. The van der Waals surface area contributed by atoms with Gasteiger partial charge in [-0.2, -0.15) is 0 Å². The fourth-order valence-corrected chi connectivity index (χ4v) is 2.47. The number of aromatic hydroxyl groups is 1. The van der Waals surface area contributed by atoms with Gasteiger partial charge in [-0.25, -0.2) is 0 Å². The molecule has 3 N–H and O–H groups in total. The van der Waals surface area contributed by atoms with Gasteiger partial charge in [0.25, 0.3) is 11.8 Å². The molecule has 28 heavy (non-hydrogen) atoms. The van der Waals surface area contributed by atoms with E-state index in [4.69, 9.17) is 9.47 Å². The smallest absolute Gasteiger partial charge is 0.260 e. The molecular weight excluding hydrogens is 360 g/mol. The maximum Gasteiger partial charge on any atom is 0.260 e. The summed E-state index contributed by atoms with van der Waals surface area (Å²) in [7, 11) is 0. The molecular formula is C21H26N2O5. The van der Waals surface area contributed by atoms with Crippen LogP contribution in [-0.2, 0) is 9.59 Å². The number of rotatable bonds is 9. The Morgan fingerprint density at radius 3 is 2.39 bits per heavy atom. The highest BCUT2D eigenvalue weighted by Gasteiger charge is 2.14. The molecule has 0 aromatic heterocycles. The van der Waals surface area contributed by atoms with Crippen molar-refractivity contribution in [1.82, 2.24) is 10.6 Å². The van der Waals surface area contributed by atoms with Crippen molar-refractivity contribution in [2.24, 2.45) is 0 Å². The lowest BCUT2D eigenvalue weighted by atomic mass is 10.1. The van der Waals surface area contributed by atoms with Crippen molar-refractivity contribution in [3.05, 3.63) is 53.6 Å². The van der Waals surface area contributed by atoms with E-state index in [2.05, 4.69) is 10.6 Å². The second-order valence-corrected chi connectivity index (χ2v) is 6.45. The van der Waals surface area contributed by atoms with Crippen molar-refractivity contribution < 1.29 is 24.2 Å². The largest absolute Gasteiger partial charge is 0.508 e.